The molecule has 2 amide bonds. The number of nitrogens with zero attached hydrogens (tertiary/aromatic N) is 4. The van der Waals surface area contributed by atoms with Gasteiger partial charge in [-0.2, -0.15) is 0 Å². The molecule has 0 atom stereocenters. The van der Waals surface area contributed by atoms with E-state index in [1.54, 1.807) is 16.1 Å². The van der Waals surface area contributed by atoms with Crippen LogP contribution in [0.15, 0.2) is 36.7 Å². The van der Waals surface area contributed by atoms with Gasteiger partial charge in [-0.1, -0.05) is 44.2 Å². The van der Waals surface area contributed by atoms with Gasteiger partial charge in [0.15, 0.2) is 11.5 Å². The monoisotopic (exact) mass is 340 g/mol. The smallest absolute Gasteiger partial charge is 0.275 e. The minimum Gasteiger partial charge on any atom is -0.325 e. The summed E-state index contributed by atoms with van der Waals surface area (Å²) in [6.07, 6.45) is 3.39. The number of fused-ring (bicyclic) bond motifs is 1. The van der Waals surface area contributed by atoms with Crippen molar-refractivity contribution in [3.05, 3.63) is 47.9 Å². The van der Waals surface area contributed by atoms with Crippen LogP contribution in [0.3, 0.4) is 0 Å². The lowest BCUT2D eigenvalue weighted by atomic mass is 10.2. The predicted octanol–water partition coefficient (Wildman–Crippen LogP) is 2.69. The van der Waals surface area contributed by atoms with E-state index in [4.69, 9.17) is 0 Å². The van der Waals surface area contributed by atoms with E-state index in [9.17, 15) is 9.59 Å². The molecule has 1 aromatic heterocycles. The number of carbonyl (C=O) groups excluding carboxylic acids is 2. The molecular weight excluding hydrogens is 316 g/mol. The summed E-state index contributed by atoms with van der Waals surface area (Å²) in [5.41, 5.74) is 1.53. The third-order valence-corrected chi connectivity index (χ3v) is 4.32. The number of rotatable bonds is 6. The zero-order valence-corrected chi connectivity index (χ0v) is 14.8. The Labute approximate surface area is 148 Å². The van der Waals surface area contributed by atoms with Crippen LogP contribution in [0.5, 0.6) is 0 Å². The lowest BCUT2D eigenvalue weighted by molar-refractivity contribution is -0.119. The summed E-state index contributed by atoms with van der Waals surface area (Å²) in [7, 11) is 0. The maximum atomic E-state index is 13.2. The minimum atomic E-state index is -0.128. The second-order valence-electron chi connectivity index (χ2n) is 6.30. The Morgan fingerprint density at radius 1 is 1.04 bits per heavy atom. The van der Waals surface area contributed by atoms with E-state index in [0.717, 1.165) is 18.4 Å². The van der Waals surface area contributed by atoms with Gasteiger partial charge in [-0.05, 0) is 18.4 Å². The van der Waals surface area contributed by atoms with Crippen LogP contribution in [0.25, 0.3) is 0 Å². The zero-order valence-electron chi connectivity index (χ0n) is 14.8. The van der Waals surface area contributed by atoms with Gasteiger partial charge < -0.3 is 9.47 Å². The van der Waals surface area contributed by atoms with Crippen molar-refractivity contribution in [2.24, 2.45) is 0 Å². The van der Waals surface area contributed by atoms with Crippen LogP contribution in [-0.2, 0) is 17.9 Å². The van der Waals surface area contributed by atoms with E-state index in [1.807, 2.05) is 41.8 Å². The quantitative estimate of drug-likeness (QED) is 0.812. The highest BCUT2D eigenvalue weighted by molar-refractivity contribution is 6.07. The Hall–Kier alpha value is -2.63. The first kappa shape index (κ1) is 17.2. The fourth-order valence-corrected chi connectivity index (χ4v) is 3.17. The number of hydrogen-bond donors (Lipinski definition) is 0. The molecule has 3 rings (SSSR count). The summed E-state index contributed by atoms with van der Waals surface area (Å²) in [5, 5.41) is 0. The van der Waals surface area contributed by atoms with Gasteiger partial charge in [-0.25, -0.2) is 4.98 Å². The van der Waals surface area contributed by atoms with Crippen molar-refractivity contribution >= 4 is 17.6 Å². The molecule has 0 radical (unpaired) electrons. The van der Waals surface area contributed by atoms with Crippen LogP contribution in [0, 0.1) is 0 Å². The minimum absolute atomic E-state index is 0.0772. The van der Waals surface area contributed by atoms with Crippen LogP contribution in [0.1, 0.15) is 42.7 Å². The van der Waals surface area contributed by atoms with Gasteiger partial charge in [-0.3, -0.25) is 14.5 Å². The Morgan fingerprint density at radius 2 is 1.76 bits per heavy atom. The maximum absolute atomic E-state index is 13.2. The molecule has 2 heterocycles. The van der Waals surface area contributed by atoms with Gasteiger partial charge in [-0.15, -0.1) is 0 Å². The molecule has 132 valence electrons. The topological polar surface area (TPSA) is 58.4 Å². The van der Waals surface area contributed by atoms with E-state index < -0.39 is 0 Å². The highest BCUT2D eigenvalue weighted by Crippen LogP contribution is 2.26. The van der Waals surface area contributed by atoms with Crippen molar-refractivity contribution in [2.75, 3.05) is 18.0 Å². The van der Waals surface area contributed by atoms with Crippen molar-refractivity contribution in [3.63, 3.8) is 0 Å². The number of aromatic nitrogens is 2. The van der Waals surface area contributed by atoms with Gasteiger partial charge in [0.2, 0.25) is 5.91 Å². The van der Waals surface area contributed by atoms with Crippen LogP contribution in [0.2, 0.25) is 0 Å². The van der Waals surface area contributed by atoms with E-state index in [1.165, 1.54) is 0 Å². The SMILES string of the molecule is CCCN1C(=O)CN(Cc2ccccc2)C(=O)c2c1ncn2CCC. The molecule has 0 unspecified atom stereocenters. The number of carbonyl (C=O) groups is 2. The third-order valence-electron chi connectivity index (χ3n) is 4.32. The molecule has 0 fully saturated rings. The van der Waals surface area contributed by atoms with Crippen LogP contribution in [0.4, 0.5) is 5.82 Å². The number of anilines is 1. The van der Waals surface area contributed by atoms with Crippen molar-refractivity contribution < 1.29 is 9.59 Å². The maximum Gasteiger partial charge on any atom is 0.275 e. The van der Waals surface area contributed by atoms with Gasteiger partial charge in [0.1, 0.15) is 6.54 Å². The molecule has 0 N–H and O–H groups in total. The Morgan fingerprint density at radius 3 is 2.44 bits per heavy atom. The number of imidazole rings is 1. The fourth-order valence-electron chi connectivity index (χ4n) is 3.17. The highest BCUT2D eigenvalue weighted by Gasteiger charge is 2.34. The lowest BCUT2D eigenvalue weighted by Gasteiger charge is -2.21. The summed E-state index contributed by atoms with van der Waals surface area (Å²) in [5.74, 6) is 0.296. The summed E-state index contributed by atoms with van der Waals surface area (Å²) in [6.45, 7) is 5.86. The molecule has 2 aromatic rings. The number of hydrogen-bond acceptors (Lipinski definition) is 3. The van der Waals surface area contributed by atoms with Gasteiger partial charge in [0.25, 0.3) is 5.91 Å². The molecule has 1 aliphatic heterocycles. The molecule has 0 bridgehead atoms. The van der Waals surface area contributed by atoms with Gasteiger partial charge in [0, 0.05) is 19.6 Å². The first-order valence-electron chi connectivity index (χ1n) is 8.84. The summed E-state index contributed by atoms with van der Waals surface area (Å²) in [4.78, 5) is 33.6. The van der Waals surface area contributed by atoms with E-state index in [-0.39, 0.29) is 18.4 Å². The van der Waals surface area contributed by atoms with E-state index in [0.29, 0.717) is 31.1 Å². The second kappa shape index (κ2) is 7.51. The number of amides is 2. The average molecular weight is 340 g/mol. The summed E-state index contributed by atoms with van der Waals surface area (Å²) in [6, 6.07) is 9.76. The van der Waals surface area contributed by atoms with E-state index >= 15 is 0 Å². The normalized spacial score (nSPS) is 14.6. The van der Waals surface area contributed by atoms with Crippen molar-refractivity contribution in [2.45, 2.75) is 39.8 Å². The first-order valence-corrected chi connectivity index (χ1v) is 8.84. The largest absolute Gasteiger partial charge is 0.325 e. The van der Waals surface area contributed by atoms with Crippen LogP contribution in [-0.4, -0.2) is 39.4 Å². The molecule has 6 heteroatoms. The highest BCUT2D eigenvalue weighted by atomic mass is 16.2. The first-order chi connectivity index (χ1) is 12.2. The number of aryl methyl sites for hydroxylation is 1. The lowest BCUT2D eigenvalue weighted by Crippen LogP contribution is -2.39. The zero-order chi connectivity index (χ0) is 17.8. The van der Waals surface area contributed by atoms with E-state index in [2.05, 4.69) is 11.9 Å². The second-order valence-corrected chi connectivity index (χ2v) is 6.30. The summed E-state index contributed by atoms with van der Waals surface area (Å²) >= 11 is 0. The van der Waals surface area contributed by atoms with Gasteiger partial charge in [0.05, 0.1) is 6.33 Å². The molecule has 0 saturated heterocycles. The Balaban J connectivity index is 2.00. The van der Waals surface area contributed by atoms with Crippen LogP contribution >= 0.6 is 0 Å². The Kier molecular flexibility index (Phi) is 5.16. The average Bonchev–Trinajstić information content (AvgIpc) is 2.99. The van der Waals surface area contributed by atoms with Crippen LogP contribution < -0.4 is 4.90 Å². The molecule has 0 spiro atoms. The van der Waals surface area contributed by atoms with Crippen molar-refractivity contribution in [1.29, 1.82) is 0 Å². The fraction of sp³-hybridized carbons (Fsp3) is 0.421. The standard InChI is InChI=1S/C19H24N4O2/c1-3-10-21-14-20-18-17(21)19(25)22(12-15-8-6-5-7-9-15)13-16(24)23(18)11-4-2/h5-9,14H,3-4,10-13H2,1-2H3. The molecule has 0 saturated carbocycles. The molecule has 0 aliphatic carbocycles. The molecule has 1 aliphatic rings. The molecular formula is C19H24N4O2. The number of benzene rings is 1. The van der Waals surface area contributed by atoms with Gasteiger partial charge >= 0.3 is 0 Å². The summed E-state index contributed by atoms with van der Waals surface area (Å²) < 4.78 is 1.87. The Bertz CT molecular complexity index is 754. The third kappa shape index (κ3) is 3.43. The molecule has 1 aromatic carbocycles. The predicted molar refractivity (Wildman–Crippen MR) is 96.3 cm³/mol. The molecule has 6 nitrogen and oxygen atoms in total. The van der Waals surface area contributed by atoms with Crippen molar-refractivity contribution in [1.82, 2.24) is 14.5 Å². The van der Waals surface area contributed by atoms with Crippen molar-refractivity contribution in [3.8, 4) is 0 Å². The molecule has 25 heavy (non-hydrogen) atoms.